The molecule has 2 fully saturated rings. The van der Waals surface area contributed by atoms with E-state index in [4.69, 9.17) is 0 Å². The Labute approximate surface area is 200 Å². The van der Waals surface area contributed by atoms with Gasteiger partial charge in [-0.15, -0.1) is 0 Å². The predicted molar refractivity (Wildman–Crippen MR) is 127 cm³/mol. The fraction of sp³-hybridized carbons (Fsp3) is 0.440. The number of sulfonamides is 1. The van der Waals surface area contributed by atoms with Crippen LogP contribution in [-0.2, 0) is 14.8 Å². The van der Waals surface area contributed by atoms with E-state index < -0.39 is 10.0 Å². The monoisotopic (exact) mass is 487 g/mol. The Morgan fingerprint density at radius 3 is 2.06 bits per heavy atom. The molecule has 2 aliphatic rings. The van der Waals surface area contributed by atoms with Crippen LogP contribution in [-0.4, -0.2) is 55.6 Å². The highest BCUT2D eigenvalue weighted by Crippen LogP contribution is 2.25. The molecule has 2 amide bonds. The average Bonchev–Trinajstić information content (AvgIpc) is 2.85. The lowest BCUT2D eigenvalue weighted by Gasteiger charge is -2.31. The molecule has 2 saturated heterocycles. The molecule has 2 heterocycles. The van der Waals surface area contributed by atoms with Crippen molar-refractivity contribution in [2.45, 2.75) is 37.5 Å². The number of hydrogen-bond acceptors (Lipinski definition) is 4. The zero-order valence-electron chi connectivity index (χ0n) is 19.2. The summed E-state index contributed by atoms with van der Waals surface area (Å²) in [5.41, 5.74) is 0.972. The van der Waals surface area contributed by atoms with Crippen LogP contribution in [0, 0.1) is 17.7 Å². The molecule has 1 N–H and O–H groups in total. The molecular formula is C25H30FN3O4S. The van der Waals surface area contributed by atoms with Crippen molar-refractivity contribution in [2.24, 2.45) is 11.8 Å². The predicted octanol–water partition coefficient (Wildman–Crippen LogP) is 3.74. The second-order valence-electron chi connectivity index (χ2n) is 9.17. The molecule has 2 aromatic carbocycles. The minimum atomic E-state index is -3.55. The summed E-state index contributed by atoms with van der Waals surface area (Å²) in [6.07, 6.45) is 2.76. The first-order chi connectivity index (χ1) is 16.2. The van der Waals surface area contributed by atoms with Crippen LogP contribution in [0.15, 0.2) is 53.4 Å². The molecule has 0 aromatic heterocycles. The van der Waals surface area contributed by atoms with Crippen LogP contribution in [0.5, 0.6) is 0 Å². The maximum absolute atomic E-state index is 13.0. The van der Waals surface area contributed by atoms with Gasteiger partial charge in [0.1, 0.15) is 5.82 Å². The second-order valence-corrected chi connectivity index (χ2v) is 11.1. The fourth-order valence-corrected chi connectivity index (χ4v) is 5.92. The lowest BCUT2D eigenvalue weighted by atomic mass is 9.95. The molecule has 0 spiro atoms. The third-order valence-electron chi connectivity index (χ3n) is 6.75. The zero-order valence-corrected chi connectivity index (χ0v) is 20.1. The summed E-state index contributed by atoms with van der Waals surface area (Å²) >= 11 is 0. The Bertz CT molecular complexity index is 1120. The van der Waals surface area contributed by atoms with Gasteiger partial charge < -0.3 is 10.2 Å². The molecule has 9 heteroatoms. The fourth-order valence-electron chi connectivity index (χ4n) is 4.45. The smallest absolute Gasteiger partial charge is 0.253 e. The van der Waals surface area contributed by atoms with Gasteiger partial charge in [-0.2, -0.15) is 4.31 Å². The van der Waals surface area contributed by atoms with E-state index in [-0.39, 0.29) is 28.4 Å². The van der Waals surface area contributed by atoms with Crippen molar-refractivity contribution in [2.75, 3.05) is 31.5 Å². The van der Waals surface area contributed by atoms with Crippen LogP contribution in [0.1, 0.15) is 43.0 Å². The van der Waals surface area contributed by atoms with Crippen LogP contribution in [0.2, 0.25) is 0 Å². The van der Waals surface area contributed by atoms with Gasteiger partial charge in [-0.3, -0.25) is 9.59 Å². The number of benzene rings is 2. The van der Waals surface area contributed by atoms with E-state index in [0.29, 0.717) is 56.2 Å². The van der Waals surface area contributed by atoms with Crippen molar-refractivity contribution in [3.8, 4) is 0 Å². The van der Waals surface area contributed by atoms with Gasteiger partial charge in [0.05, 0.1) is 4.90 Å². The topological polar surface area (TPSA) is 86.8 Å². The zero-order chi connectivity index (χ0) is 24.3. The number of nitrogens with one attached hydrogen (secondary N) is 1. The summed E-state index contributed by atoms with van der Waals surface area (Å²) in [4.78, 5) is 27.3. The summed E-state index contributed by atoms with van der Waals surface area (Å²) in [6.45, 7) is 4.05. The molecule has 2 aliphatic heterocycles. The first-order valence-electron chi connectivity index (χ1n) is 11.7. The number of nitrogens with zero attached hydrogens (tertiary/aromatic N) is 2. The van der Waals surface area contributed by atoms with Gasteiger partial charge in [0.2, 0.25) is 15.9 Å². The van der Waals surface area contributed by atoms with Crippen molar-refractivity contribution < 1.29 is 22.4 Å². The molecule has 4 rings (SSSR count). The van der Waals surface area contributed by atoms with E-state index in [2.05, 4.69) is 12.2 Å². The highest BCUT2D eigenvalue weighted by Gasteiger charge is 2.30. The third-order valence-corrected chi connectivity index (χ3v) is 8.66. The molecule has 0 aliphatic carbocycles. The van der Waals surface area contributed by atoms with Crippen LogP contribution >= 0.6 is 0 Å². The minimum absolute atomic E-state index is 0.139. The highest BCUT2D eigenvalue weighted by molar-refractivity contribution is 7.89. The van der Waals surface area contributed by atoms with E-state index in [0.717, 1.165) is 12.8 Å². The first kappa shape index (κ1) is 24.3. The lowest BCUT2D eigenvalue weighted by molar-refractivity contribution is -0.121. The van der Waals surface area contributed by atoms with Crippen molar-refractivity contribution in [1.82, 2.24) is 9.21 Å². The van der Waals surface area contributed by atoms with E-state index in [1.165, 1.54) is 40.7 Å². The van der Waals surface area contributed by atoms with Crippen LogP contribution in [0.4, 0.5) is 10.1 Å². The molecule has 0 atom stereocenters. The normalized spacial score (nSPS) is 18.6. The third kappa shape index (κ3) is 5.47. The van der Waals surface area contributed by atoms with Gasteiger partial charge in [0, 0.05) is 43.3 Å². The van der Waals surface area contributed by atoms with Crippen LogP contribution in [0.3, 0.4) is 0 Å². The number of hydrogen-bond donors (Lipinski definition) is 1. The molecule has 34 heavy (non-hydrogen) atoms. The van der Waals surface area contributed by atoms with E-state index >= 15 is 0 Å². The molecule has 7 nitrogen and oxygen atoms in total. The number of carbonyl (C=O) groups is 2. The first-order valence-corrected chi connectivity index (χ1v) is 13.1. The maximum atomic E-state index is 13.0. The summed E-state index contributed by atoms with van der Waals surface area (Å²) in [5.74, 6) is -0.372. The Hall–Kier alpha value is -2.78. The summed E-state index contributed by atoms with van der Waals surface area (Å²) in [5, 5.41) is 2.79. The molecule has 0 radical (unpaired) electrons. The maximum Gasteiger partial charge on any atom is 0.253 e. The van der Waals surface area contributed by atoms with Crippen molar-refractivity contribution in [3.05, 3.63) is 59.9 Å². The average molecular weight is 488 g/mol. The Morgan fingerprint density at radius 2 is 1.47 bits per heavy atom. The van der Waals surface area contributed by atoms with Crippen LogP contribution < -0.4 is 5.32 Å². The van der Waals surface area contributed by atoms with Gasteiger partial charge in [-0.1, -0.05) is 6.92 Å². The van der Waals surface area contributed by atoms with Gasteiger partial charge >= 0.3 is 0 Å². The summed E-state index contributed by atoms with van der Waals surface area (Å²) in [6, 6.07) is 11.8. The molecule has 182 valence electrons. The molecule has 0 unspecified atom stereocenters. The van der Waals surface area contributed by atoms with Crippen LogP contribution in [0.25, 0.3) is 0 Å². The van der Waals surface area contributed by atoms with Crippen molar-refractivity contribution in [3.63, 3.8) is 0 Å². The number of carbonyl (C=O) groups excluding carboxylic acids is 2. The van der Waals surface area contributed by atoms with Crippen molar-refractivity contribution in [1.29, 1.82) is 0 Å². The Balaban J connectivity index is 1.32. The second kappa shape index (κ2) is 10.2. The van der Waals surface area contributed by atoms with Gasteiger partial charge in [0.15, 0.2) is 0 Å². The number of piperidine rings is 2. The largest absolute Gasteiger partial charge is 0.339 e. The van der Waals surface area contributed by atoms with E-state index in [1.54, 1.807) is 17.0 Å². The SMILES string of the molecule is CC1CCN(S(=O)(=O)c2ccc(C(=O)N3CCC(C(=O)Nc4ccc(F)cc4)CC3)cc2)CC1. The van der Waals surface area contributed by atoms with E-state index in [9.17, 15) is 22.4 Å². The quantitative estimate of drug-likeness (QED) is 0.696. The van der Waals surface area contributed by atoms with E-state index in [1.807, 2.05) is 0 Å². The molecule has 0 bridgehead atoms. The minimum Gasteiger partial charge on any atom is -0.339 e. The number of anilines is 1. The van der Waals surface area contributed by atoms with Crippen molar-refractivity contribution >= 4 is 27.5 Å². The van der Waals surface area contributed by atoms with Gasteiger partial charge in [-0.25, -0.2) is 12.8 Å². The molecule has 0 saturated carbocycles. The number of halogens is 1. The number of rotatable bonds is 5. The Kier molecular flexibility index (Phi) is 7.33. The van der Waals surface area contributed by atoms with Gasteiger partial charge in [0.25, 0.3) is 5.91 Å². The highest BCUT2D eigenvalue weighted by atomic mass is 32.2. The summed E-state index contributed by atoms with van der Waals surface area (Å²) in [7, 11) is -3.55. The molecular weight excluding hydrogens is 457 g/mol. The molecule has 2 aromatic rings. The number of likely N-dealkylation sites (tertiary alicyclic amines) is 1. The van der Waals surface area contributed by atoms with Gasteiger partial charge in [-0.05, 0) is 80.1 Å². The number of amides is 2. The summed E-state index contributed by atoms with van der Waals surface area (Å²) < 4.78 is 40.4. The Morgan fingerprint density at radius 1 is 0.882 bits per heavy atom. The lowest BCUT2D eigenvalue weighted by Crippen LogP contribution is -2.41. The standard InChI is InChI=1S/C25H30FN3O4S/c1-18-10-16-29(17-11-18)34(32,33)23-8-2-20(3-9-23)25(31)28-14-12-19(13-15-28)24(30)27-22-6-4-21(26)5-7-22/h2-9,18-19H,10-17H2,1H3,(H,27,30).